The number of carbonyl (C=O) groups is 1. The Bertz CT molecular complexity index is 635. The standard InChI is InChI=1S/C17H23N3O2/c1-3-4-5-6-9-12-20-16(15(17(21)22)18-19-20)14-11-8-7-10-13(14)2/h7-8,10-11H,3-6,9,12H2,1-2H3,(H,21,22). The van der Waals surface area contributed by atoms with E-state index < -0.39 is 5.97 Å². The molecule has 0 bridgehead atoms. The SMILES string of the molecule is CCCCCCCn1nnc(C(=O)O)c1-c1ccccc1C. The Morgan fingerprint density at radius 1 is 1.18 bits per heavy atom. The number of aryl methyl sites for hydroxylation is 2. The number of rotatable bonds is 8. The second-order valence-corrected chi connectivity index (χ2v) is 5.54. The van der Waals surface area contributed by atoms with Gasteiger partial charge in [0.15, 0.2) is 5.69 Å². The van der Waals surface area contributed by atoms with Crippen LogP contribution in [0.5, 0.6) is 0 Å². The smallest absolute Gasteiger partial charge is 0.358 e. The number of aromatic carboxylic acids is 1. The Morgan fingerprint density at radius 2 is 1.91 bits per heavy atom. The van der Waals surface area contributed by atoms with Crippen molar-refractivity contribution in [2.45, 2.75) is 52.5 Å². The van der Waals surface area contributed by atoms with Crippen LogP contribution in [0.15, 0.2) is 24.3 Å². The molecule has 1 aromatic heterocycles. The van der Waals surface area contributed by atoms with Crippen LogP contribution >= 0.6 is 0 Å². The molecule has 0 radical (unpaired) electrons. The number of carboxylic acids is 1. The zero-order chi connectivity index (χ0) is 15.9. The first kappa shape index (κ1) is 16.2. The highest BCUT2D eigenvalue weighted by Gasteiger charge is 2.21. The van der Waals surface area contributed by atoms with Gasteiger partial charge in [0, 0.05) is 12.1 Å². The molecule has 5 heteroatoms. The number of benzene rings is 1. The lowest BCUT2D eigenvalue weighted by Crippen LogP contribution is -2.06. The fourth-order valence-corrected chi connectivity index (χ4v) is 2.58. The molecule has 22 heavy (non-hydrogen) atoms. The fraction of sp³-hybridized carbons (Fsp3) is 0.471. The van der Waals surface area contributed by atoms with Crippen LogP contribution in [-0.2, 0) is 6.54 Å². The summed E-state index contributed by atoms with van der Waals surface area (Å²) in [5.74, 6) is -1.03. The molecule has 0 amide bonds. The summed E-state index contributed by atoms with van der Waals surface area (Å²) >= 11 is 0. The molecule has 0 unspecified atom stereocenters. The van der Waals surface area contributed by atoms with Crippen molar-refractivity contribution in [3.63, 3.8) is 0 Å². The van der Waals surface area contributed by atoms with Crippen LogP contribution in [0.3, 0.4) is 0 Å². The van der Waals surface area contributed by atoms with Gasteiger partial charge in [0.1, 0.15) is 5.69 Å². The van der Waals surface area contributed by atoms with Crippen molar-refractivity contribution < 1.29 is 9.90 Å². The average molecular weight is 301 g/mol. The monoisotopic (exact) mass is 301 g/mol. The molecule has 118 valence electrons. The van der Waals surface area contributed by atoms with Crippen molar-refractivity contribution in [2.24, 2.45) is 0 Å². The normalized spacial score (nSPS) is 10.8. The van der Waals surface area contributed by atoms with Crippen LogP contribution in [0.4, 0.5) is 0 Å². The number of nitrogens with zero attached hydrogens (tertiary/aromatic N) is 3. The van der Waals surface area contributed by atoms with Crippen LogP contribution in [0.2, 0.25) is 0 Å². The molecule has 0 spiro atoms. The molecular weight excluding hydrogens is 278 g/mol. The van der Waals surface area contributed by atoms with Gasteiger partial charge in [-0.05, 0) is 18.9 Å². The summed E-state index contributed by atoms with van der Waals surface area (Å²) in [4.78, 5) is 11.4. The summed E-state index contributed by atoms with van der Waals surface area (Å²) in [5.41, 5.74) is 2.56. The van der Waals surface area contributed by atoms with E-state index in [1.165, 1.54) is 19.3 Å². The topological polar surface area (TPSA) is 68.0 Å². The largest absolute Gasteiger partial charge is 0.476 e. The molecule has 0 aliphatic carbocycles. The van der Waals surface area contributed by atoms with Crippen molar-refractivity contribution in [2.75, 3.05) is 0 Å². The van der Waals surface area contributed by atoms with Gasteiger partial charge in [-0.25, -0.2) is 9.48 Å². The number of carboxylic acid groups (broad SMARTS) is 1. The molecule has 2 aromatic rings. The highest BCUT2D eigenvalue weighted by molar-refractivity contribution is 5.93. The van der Waals surface area contributed by atoms with E-state index in [0.29, 0.717) is 12.2 Å². The number of aromatic nitrogens is 3. The molecule has 0 saturated carbocycles. The van der Waals surface area contributed by atoms with Crippen LogP contribution in [0, 0.1) is 6.92 Å². The van der Waals surface area contributed by atoms with Gasteiger partial charge in [-0.15, -0.1) is 5.10 Å². The third-order valence-corrected chi connectivity index (χ3v) is 3.81. The summed E-state index contributed by atoms with van der Waals surface area (Å²) < 4.78 is 1.73. The van der Waals surface area contributed by atoms with E-state index >= 15 is 0 Å². The molecule has 0 aliphatic heterocycles. The van der Waals surface area contributed by atoms with Gasteiger partial charge >= 0.3 is 5.97 Å². The maximum Gasteiger partial charge on any atom is 0.358 e. The van der Waals surface area contributed by atoms with E-state index in [2.05, 4.69) is 17.2 Å². The van der Waals surface area contributed by atoms with Crippen molar-refractivity contribution in [3.05, 3.63) is 35.5 Å². The van der Waals surface area contributed by atoms with Gasteiger partial charge < -0.3 is 5.11 Å². The second-order valence-electron chi connectivity index (χ2n) is 5.54. The van der Waals surface area contributed by atoms with Gasteiger partial charge in [0.05, 0.1) is 0 Å². The highest BCUT2D eigenvalue weighted by Crippen LogP contribution is 2.26. The first-order chi connectivity index (χ1) is 10.6. The minimum atomic E-state index is -1.03. The molecule has 0 aliphatic rings. The van der Waals surface area contributed by atoms with Gasteiger partial charge in [0.25, 0.3) is 0 Å². The van der Waals surface area contributed by atoms with E-state index in [-0.39, 0.29) is 5.69 Å². The Balaban J connectivity index is 2.24. The Kier molecular flexibility index (Phi) is 5.69. The minimum absolute atomic E-state index is 0.0304. The predicted molar refractivity (Wildman–Crippen MR) is 85.9 cm³/mol. The maximum atomic E-state index is 11.4. The van der Waals surface area contributed by atoms with Crippen LogP contribution in [0.25, 0.3) is 11.3 Å². The molecule has 2 rings (SSSR count). The molecule has 1 aromatic carbocycles. The lowest BCUT2D eigenvalue weighted by Gasteiger charge is -2.09. The highest BCUT2D eigenvalue weighted by atomic mass is 16.4. The number of unbranched alkanes of at least 4 members (excludes halogenated alkanes) is 4. The quantitative estimate of drug-likeness (QED) is 0.750. The average Bonchev–Trinajstić information content (AvgIpc) is 2.91. The predicted octanol–water partition coefficient (Wildman–Crippen LogP) is 3.92. The third kappa shape index (κ3) is 3.72. The summed E-state index contributed by atoms with van der Waals surface area (Å²) in [6, 6.07) is 7.75. The molecule has 1 N–H and O–H groups in total. The first-order valence-corrected chi connectivity index (χ1v) is 7.88. The van der Waals surface area contributed by atoms with E-state index in [9.17, 15) is 9.90 Å². The lowest BCUT2D eigenvalue weighted by atomic mass is 10.0. The van der Waals surface area contributed by atoms with Crippen molar-refractivity contribution in [3.8, 4) is 11.3 Å². The third-order valence-electron chi connectivity index (χ3n) is 3.81. The minimum Gasteiger partial charge on any atom is -0.476 e. The Morgan fingerprint density at radius 3 is 2.59 bits per heavy atom. The Labute approximate surface area is 131 Å². The summed E-state index contributed by atoms with van der Waals surface area (Å²) in [5, 5.41) is 17.3. The van der Waals surface area contributed by atoms with Crippen molar-refractivity contribution in [1.29, 1.82) is 0 Å². The van der Waals surface area contributed by atoms with Gasteiger partial charge in [-0.3, -0.25) is 0 Å². The fourth-order valence-electron chi connectivity index (χ4n) is 2.58. The molecule has 5 nitrogen and oxygen atoms in total. The summed E-state index contributed by atoms with van der Waals surface area (Å²) in [6.07, 6.45) is 5.77. The van der Waals surface area contributed by atoms with Crippen LogP contribution < -0.4 is 0 Å². The number of hydrogen-bond acceptors (Lipinski definition) is 3. The Hall–Kier alpha value is -2.17. The van der Waals surface area contributed by atoms with E-state index in [1.807, 2.05) is 31.2 Å². The zero-order valence-corrected chi connectivity index (χ0v) is 13.2. The summed E-state index contributed by atoms with van der Waals surface area (Å²) in [7, 11) is 0. The van der Waals surface area contributed by atoms with Crippen LogP contribution in [-0.4, -0.2) is 26.1 Å². The molecule has 0 atom stereocenters. The molecular formula is C17H23N3O2. The van der Waals surface area contributed by atoms with Crippen LogP contribution in [0.1, 0.15) is 55.1 Å². The van der Waals surface area contributed by atoms with Crippen molar-refractivity contribution in [1.82, 2.24) is 15.0 Å². The van der Waals surface area contributed by atoms with Gasteiger partial charge in [0.2, 0.25) is 0 Å². The molecule has 0 fully saturated rings. The van der Waals surface area contributed by atoms with Gasteiger partial charge in [-0.2, -0.15) is 0 Å². The van der Waals surface area contributed by atoms with Gasteiger partial charge in [-0.1, -0.05) is 62.1 Å². The van der Waals surface area contributed by atoms with Crippen molar-refractivity contribution >= 4 is 5.97 Å². The maximum absolute atomic E-state index is 11.4. The summed E-state index contributed by atoms with van der Waals surface area (Å²) in [6.45, 7) is 4.86. The second kappa shape index (κ2) is 7.73. The van der Waals surface area contributed by atoms with E-state index in [0.717, 1.165) is 24.0 Å². The van der Waals surface area contributed by atoms with E-state index in [4.69, 9.17) is 0 Å². The first-order valence-electron chi connectivity index (χ1n) is 7.88. The molecule has 1 heterocycles. The number of hydrogen-bond donors (Lipinski definition) is 1. The van der Waals surface area contributed by atoms with E-state index in [1.54, 1.807) is 4.68 Å². The lowest BCUT2D eigenvalue weighted by molar-refractivity contribution is 0.0691. The molecule has 0 saturated heterocycles. The zero-order valence-electron chi connectivity index (χ0n) is 13.2.